The van der Waals surface area contributed by atoms with E-state index in [1.54, 1.807) is 16.8 Å². The van der Waals surface area contributed by atoms with E-state index in [2.05, 4.69) is 26.2 Å². The van der Waals surface area contributed by atoms with Gasteiger partial charge in [0, 0.05) is 19.1 Å². The molecule has 0 aliphatic heterocycles. The van der Waals surface area contributed by atoms with Crippen molar-refractivity contribution in [3.05, 3.63) is 29.0 Å². The molecular weight excluding hydrogens is 330 g/mol. The fraction of sp³-hybridized carbons (Fsp3) is 0.467. The first kappa shape index (κ1) is 16.5. The number of rotatable bonds is 5. The lowest BCUT2D eigenvalue weighted by Gasteiger charge is -2.19. The lowest BCUT2D eigenvalue weighted by molar-refractivity contribution is 0.248. The monoisotopic (exact) mass is 349 g/mol. The molecule has 0 saturated heterocycles. The fourth-order valence-electron chi connectivity index (χ4n) is 2.48. The van der Waals surface area contributed by atoms with E-state index in [4.69, 9.17) is 11.6 Å². The Balaban J connectivity index is 1.69. The molecule has 2 N–H and O–H groups in total. The SMILES string of the molecule is C[C@@H](NC(=O)Nc1cc(Cl)ccc1N(C)C)c1nnnn1C1CC1. The number of carbonyl (C=O) groups is 1. The predicted molar refractivity (Wildman–Crippen MR) is 92.4 cm³/mol. The number of amides is 2. The van der Waals surface area contributed by atoms with E-state index in [0.717, 1.165) is 18.5 Å². The number of halogens is 1. The Morgan fingerprint density at radius 2 is 2.17 bits per heavy atom. The Morgan fingerprint density at radius 1 is 1.42 bits per heavy atom. The summed E-state index contributed by atoms with van der Waals surface area (Å²) < 4.78 is 1.79. The average molecular weight is 350 g/mol. The summed E-state index contributed by atoms with van der Waals surface area (Å²) in [6.45, 7) is 1.86. The van der Waals surface area contributed by atoms with Crippen molar-refractivity contribution in [2.45, 2.75) is 31.8 Å². The molecule has 9 heteroatoms. The summed E-state index contributed by atoms with van der Waals surface area (Å²) in [5.74, 6) is 0.659. The van der Waals surface area contributed by atoms with Crippen molar-refractivity contribution in [1.82, 2.24) is 25.5 Å². The van der Waals surface area contributed by atoms with Crippen LogP contribution in [0.15, 0.2) is 18.2 Å². The standard InChI is InChI=1S/C15H20ClN7O/c1-9(14-19-20-21-23(14)11-5-6-11)17-15(24)18-12-8-10(16)4-7-13(12)22(2)3/h4,7-9,11H,5-6H2,1-3H3,(H2,17,18,24)/t9-/m1/s1. The van der Waals surface area contributed by atoms with Gasteiger partial charge in [0.1, 0.15) is 0 Å². The molecule has 1 aromatic carbocycles. The molecule has 2 aromatic rings. The van der Waals surface area contributed by atoms with Gasteiger partial charge in [-0.25, -0.2) is 9.48 Å². The van der Waals surface area contributed by atoms with Crippen molar-refractivity contribution >= 4 is 29.0 Å². The van der Waals surface area contributed by atoms with Crippen molar-refractivity contribution in [3.8, 4) is 0 Å². The highest BCUT2D eigenvalue weighted by Gasteiger charge is 2.30. The summed E-state index contributed by atoms with van der Waals surface area (Å²) in [7, 11) is 3.80. The summed E-state index contributed by atoms with van der Waals surface area (Å²) in [5, 5.41) is 18.0. The van der Waals surface area contributed by atoms with Crippen LogP contribution >= 0.6 is 11.6 Å². The summed E-state index contributed by atoms with van der Waals surface area (Å²) in [4.78, 5) is 14.2. The molecule has 0 spiro atoms. The van der Waals surface area contributed by atoms with Crippen molar-refractivity contribution in [1.29, 1.82) is 0 Å². The minimum absolute atomic E-state index is 0.303. The van der Waals surface area contributed by atoms with Gasteiger partial charge in [-0.05, 0) is 48.4 Å². The fourth-order valence-corrected chi connectivity index (χ4v) is 2.65. The van der Waals surface area contributed by atoms with E-state index in [9.17, 15) is 4.79 Å². The smallest absolute Gasteiger partial charge is 0.319 e. The highest BCUT2D eigenvalue weighted by molar-refractivity contribution is 6.31. The number of anilines is 2. The molecule has 1 saturated carbocycles. The largest absolute Gasteiger partial charge is 0.376 e. The van der Waals surface area contributed by atoms with Gasteiger partial charge < -0.3 is 15.5 Å². The van der Waals surface area contributed by atoms with Crippen LogP contribution in [0.5, 0.6) is 0 Å². The van der Waals surface area contributed by atoms with Gasteiger partial charge in [0.2, 0.25) is 0 Å². The lowest BCUT2D eigenvalue weighted by atomic mass is 10.2. The molecule has 0 unspecified atom stereocenters. The van der Waals surface area contributed by atoms with Crippen LogP contribution in [-0.4, -0.2) is 40.3 Å². The average Bonchev–Trinajstić information content (AvgIpc) is 3.23. The van der Waals surface area contributed by atoms with Gasteiger partial charge in [0.25, 0.3) is 0 Å². The molecule has 1 aliphatic rings. The van der Waals surface area contributed by atoms with Crippen LogP contribution in [0.2, 0.25) is 5.02 Å². The second kappa shape index (κ2) is 6.64. The molecule has 24 heavy (non-hydrogen) atoms. The molecule has 128 valence electrons. The quantitative estimate of drug-likeness (QED) is 0.866. The van der Waals surface area contributed by atoms with Crippen LogP contribution in [0, 0.1) is 0 Å². The second-order valence-corrected chi connectivity index (χ2v) is 6.53. The van der Waals surface area contributed by atoms with E-state index >= 15 is 0 Å². The Morgan fingerprint density at radius 3 is 2.83 bits per heavy atom. The summed E-state index contributed by atoms with van der Waals surface area (Å²) in [6.07, 6.45) is 2.15. The molecule has 2 amide bonds. The minimum Gasteiger partial charge on any atom is -0.376 e. The van der Waals surface area contributed by atoms with Gasteiger partial charge in [-0.15, -0.1) is 5.10 Å². The van der Waals surface area contributed by atoms with Gasteiger partial charge in [0.05, 0.1) is 23.5 Å². The second-order valence-electron chi connectivity index (χ2n) is 6.09. The Bertz CT molecular complexity index is 741. The number of hydrogen-bond donors (Lipinski definition) is 2. The van der Waals surface area contributed by atoms with Gasteiger partial charge in [-0.1, -0.05) is 11.6 Å². The van der Waals surface area contributed by atoms with Crippen LogP contribution in [-0.2, 0) is 0 Å². The topological polar surface area (TPSA) is 88.0 Å². The van der Waals surface area contributed by atoms with E-state index < -0.39 is 0 Å². The van der Waals surface area contributed by atoms with Crippen LogP contribution < -0.4 is 15.5 Å². The molecule has 1 atom stereocenters. The number of nitrogens with one attached hydrogen (secondary N) is 2. The summed E-state index contributed by atoms with van der Waals surface area (Å²) >= 11 is 6.03. The molecule has 1 aromatic heterocycles. The van der Waals surface area contributed by atoms with Crippen molar-refractivity contribution in [3.63, 3.8) is 0 Å². The zero-order chi connectivity index (χ0) is 17.3. The van der Waals surface area contributed by atoms with Crippen LogP contribution in [0.3, 0.4) is 0 Å². The Labute approximate surface area is 145 Å². The molecule has 1 fully saturated rings. The van der Waals surface area contributed by atoms with Crippen molar-refractivity contribution in [2.75, 3.05) is 24.3 Å². The third-order valence-corrected chi connectivity index (χ3v) is 4.07. The zero-order valence-corrected chi connectivity index (χ0v) is 14.6. The number of aromatic nitrogens is 4. The number of nitrogens with zero attached hydrogens (tertiary/aromatic N) is 5. The molecular formula is C15H20ClN7O. The Hall–Kier alpha value is -2.35. The van der Waals surface area contributed by atoms with Crippen LogP contribution in [0.4, 0.5) is 16.2 Å². The maximum Gasteiger partial charge on any atom is 0.319 e. The lowest BCUT2D eigenvalue weighted by Crippen LogP contribution is -2.33. The number of benzene rings is 1. The number of urea groups is 1. The highest BCUT2D eigenvalue weighted by Crippen LogP contribution is 2.35. The van der Waals surface area contributed by atoms with E-state index in [1.165, 1.54) is 0 Å². The molecule has 8 nitrogen and oxygen atoms in total. The van der Waals surface area contributed by atoms with Crippen LogP contribution in [0.1, 0.15) is 37.7 Å². The van der Waals surface area contributed by atoms with Gasteiger partial charge in [-0.2, -0.15) is 0 Å². The normalized spacial score (nSPS) is 15.0. The summed E-state index contributed by atoms with van der Waals surface area (Å²) in [5.41, 5.74) is 1.50. The molecule has 0 radical (unpaired) electrons. The minimum atomic E-state index is -0.335. The predicted octanol–water partition coefficient (Wildman–Crippen LogP) is 2.61. The van der Waals surface area contributed by atoms with E-state index in [0.29, 0.717) is 22.6 Å². The van der Waals surface area contributed by atoms with E-state index in [1.807, 2.05) is 32.0 Å². The molecule has 1 aliphatic carbocycles. The highest BCUT2D eigenvalue weighted by atomic mass is 35.5. The molecule has 3 rings (SSSR count). The van der Waals surface area contributed by atoms with Crippen LogP contribution in [0.25, 0.3) is 0 Å². The van der Waals surface area contributed by atoms with Gasteiger partial charge in [-0.3, -0.25) is 0 Å². The van der Waals surface area contributed by atoms with Crippen molar-refractivity contribution in [2.24, 2.45) is 0 Å². The maximum atomic E-state index is 12.3. The zero-order valence-electron chi connectivity index (χ0n) is 13.8. The third-order valence-electron chi connectivity index (χ3n) is 3.83. The first-order valence-corrected chi connectivity index (χ1v) is 8.15. The number of hydrogen-bond acceptors (Lipinski definition) is 5. The van der Waals surface area contributed by atoms with Gasteiger partial charge >= 0.3 is 6.03 Å². The maximum absolute atomic E-state index is 12.3. The summed E-state index contributed by atoms with van der Waals surface area (Å²) in [6, 6.07) is 5.08. The molecule has 1 heterocycles. The third kappa shape index (κ3) is 3.59. The van der Waals surface area contributed by atoms with Gasteiger partial charge in [0.15, 0.2) is 5.82 Å². The number of tetrazole rings is 1. The number of carbonyl (C=O) groups excluding carboxylic acids is 1. The molecule has 0 bridgehead atoms. The first-order chi connectivity index (χ1) is 11.5. The van der Waals surface area contributed by atoms with Crippen molar-refractivity contribution < 1.29 is 4.79 Å². The Kier molecular flexibility index (Phi) is 4.57. The van der Waals surface area contributed by atoms with E-state index in [-0.39, 0.29) is 12.1 Å². The first-order valence-electron chi connectivity index (χ1n) is 7.78.